The van der Waals surface area contributed by atoms with Gasteiger partial charge in [0.05, 0.1) is 5.92 Å². The van der Waals surface area contributed by atoms with E-state index < -0.39 is 18.1 Å². The minimum absolute atomic E-state index is 0.0377. The van der Waals surface area contributed by atoms with Gasteiger partial charge in [-0.2, -0.15) is 13.2 Å². The van der Waals surface area contributed by atoms with Gasteiger partial charge in [-0.05, 0) is 41.8 Å². The van der Waals surface area contributed by atoms with E-state index in [1.165, 1.54) is 0 Å². The van der Waals surface area contributed by atoms with Crippen molar-refractivity contribution in [2.75, 3.05) is 0 Å². The molecule has 0 amide bonds. The Morgan fingerprint density at radius 1 is 1.37 bits per heavy atom. The van der Waals surface area contributed by atoms with Crippen molar-refractivity contribution in [3.63, 3.8) is 0 Å². The van der Waals surface area contributed by atoms with Crippen LogP contribution in [0.15, 0.2) is 15.9 Å². The van der Waals surface area contributed by atoms with Gasteiger partial charge in [0.25, 0.3) is 0 Å². The number of alkyl halides is 3. The summed E-state index contributed by atoms with van der Waals surface area (Å²) in [6.45, 7) is 1.93. The van der Waals surface area contributed by atoms with Gasteiger partial charge in [0.2, 0.25) is 0 Å². The van der Waals surface area contributed by atoms with E-state index in [1.54, 1.807) is 11.3 Å². The SMILES string of the molecule is CC(NC1CCCCC1C(F)(F)F)c1cc(Br)cs1. The highest BCUT2D eigenvalue weighted by Crippen LogP contribution is 2.39. The van der Waals surface area contributed by atoms with E-state index in [0.29, 0.717) is 12.8 Å². The number of nitrogens with one attached hydrogen (secondary N) is 1. The molecule has 3 atom stereocenters. The molecule has 1 aliphatic carbocycles. The molecule has 3 unspecified atom stereocenters. The van der Waals surface area contributed by atoms with E-state index in [0.717, 1.165) is 15.8 Å². The molecular weight excluding hydrogens is 339 g/mol. The summed E-state index contributed by atoms with van der Waals surface area (Å²) in [7, 11) is 0. The number of thiophene rings is 1. The van der Waals surface area contributed by atoms with Gasteiger partial charge in [-0.3, -0.25) is 0 Å². The summed E-state index contributed by atoms with van der Waals surface area (Å²) in [5.41, 5.74) is 0. The molecule has 1 heterocycles. The van der Waals surface area contributed by atoms with Crippen LogP contribution in [0.25, 0.3) is 0 Å². The van der Waals surface area contributed by atoms with Gasteiger partial charge in [-0.15, -0.1) is 11.3 Å². The van der Waals surface area contributed by atoms with E-state index in [1.807, 2.05) is 18.4 Å². The lowest BCUT2D eigenvalue weighted by Crippen LogP contribution is -2.46. The summed E-state index contributed by atoms with van der Waals surface area (Å²) in [5, 5.41) is 5.13. The second-order valence-electron chi connectivity index (χ2n) is 5.09. The van der Waals surface area contributed by atoms with Gasteiger partial charge in [-0.1, -0.05) is 12.8 Å². The van der Waals surface area contributed by atoms with Crippen molar-refractivity contribution in [3.05, 3.63) is 20.8 Å². The summed E-state index contributed by atoms with van der Waals surface area (Å²) in [5.74, 6) is -1.20. The Bertz CT molecular complexity index is 418. The first-order valence-electron chi connectivity index (χ1n) is 6.44. The van der Waals surface area contributed by atoms with Crippen molar-refractivity contribution < 1.29 is 13.2 Å². The molecule has 1 aliphatic rings. The van der Waals surface area contributed by atoms with Gasteiger partial charge < -0.3 is 5.32 Å². The molecule has 0 aromatic carbocycles. The molecule has 2 rings (SSSR count). The molecule has 108 valence electrons. The van der Waals surface area contributed by atoms with E-state index in [9.17, 15) is 13.2 Å². The fraction of sp³-hybridized carbons (Fsp3) is 0.692. The normalized spacial score (nSPS) is 26.4. The van der Waals surface area contributed by atoms with Crippen LogP contribution in [0.2, 0.25) is 0 Å². The first kappa shape index (κ1) is 15.3. The second kappa shape index (κ2) is 6.14. The highest BCUT2D eigenvalue weighted by atomic mass is 79.9. The molecule has 1 nitrogen and oxygen atoms in total. The van der Waals surface area contributed by atoms with E-state index in [4.69, 9.17) is 0 Å². The Hall–Kier alpha value is -0.0700. The van der Waals surface area contributed by atoms with Crippen LogP contribution in [-0.4, -0.2) is 12.2 Å². The summed E-state index contributed by atoms with van der Waals surface area (Å²) in [4.78, 5) is 1.07. The quantitative estimate of drug-likeness (QED) is 0.777. The lowest BCUT2D eigenvalue weighted by Gasteiger charge is -2.35. The van der Waals surface area contributed by atoms with Crippen molar-refractivity contribution in [2.24, 2.45) is 5.92 Å². The molecule has 1 saturated carbocycles. The monoisotopic (exact) mass is 355 g/mol. The molecule has 0 radical (unpaired) electrons. The predicted octanol–water partition coefficient (Wildman–Crippen LogP) is 5.28. The molecule has 0 bridgehead atoms. The molecular formula is C13H17BrF3NS. The van der Waals surface area contributed by atoms with Crippen LogP contribution in [0.5, 0.6) is 0 Å². The molecule has 0 saturated heterocycles. The van der Waals surface area contributed by atoms with Gasteiger partial charge >= 0.3 is 6.18 Å². The largest absolute Gasteiger partial charge is 0.393 e. The number of hydrogen-bond donors (Lipinski definition) is 1. The second-order valence-corrected chi connectivity index (χ2v) is 6.95. The highest BCUT2D eigenvalue weighted by molar-refractivity contribution is 9.10. The Labute approximate surface area is 123 Å². The molecule has 0 spiro atoms. The molecule has 6 heteroatoms. The summed E-state index contributed by atoms with van der Waals surface area (Å²) >= 11 is 4.94. The zero-order valence-corrected chi connectivity index (χ0v) is 13.0. The maximum Gasteiger partial charge on any atom is 0.393 e. The lowest BCUT2D eigenvalue weighted by atomic mass is 9.83. The van der Waals surface area contributed by atoms with Crippen LogP contribution in [0, 0.1) is 5.92 Å². The zero-order valence-electron chi connectivity index (χ0n) is 10.6. The third kappa shape index (κ3) is 3.95. The average Bonchev–Trinajstić information content (AvgIpc) is 2.75. The zero-order chi connectivity index (χ0) is 14.0. The fourth-order valence-corrected chi connectivity index (χ4v) is 4.14. The number of halogens is 4. The third-order valence-corrected chi connectivity index (χ3v) is 5.54. The van der Waals surface area contributed by atoms with Crippen LogP contribution in [0.4, 0.5) is 13.2 Å². The van der Waals surface area contributed by atoms with Crippen LogP contribution < -0.4 is 5.32 Å². The van der Waals surface area contributed by atoms with Crippen molar-refractivity contribution in [3.8, 4) is 0 Å². The Kier molecular flexibility index (Phi) is 4.95. The molecule has 1 aromatic heterocycles. The van der Waals surface area contributed by atoms with Crippen LogP contribution in [0.3, 0.4) is 0 Å². The summed E-state index contributed by atoms with van der Waals surface area (Å²) < 4.78 is 40.0. The van der Waals surface area contributed by atoms with Gasteiger partial charge in [0.1, 0.15) is 0 Å². The Morgan fingerprint density at radius 3 is 2.63 bits per heavy atom. The van der Waals surface area contributed by atoms with E-state index >= 15 is 0 Å². The van der Waals surface area contributed by atoms with Crippen molar-refractivity contribution in [1.82, 2.24) is 5.32 Å². The topological polar surface area (TPSA) is 12.0 Å². The van der Waals surface area contributed by atoms with Crippen LogP contribution >= 0.6 is 27.3 Å². The average molecular weight is 356 g/mol. The summed E-state index contributed by atoms with van der Waals surface area (Å²) in [6.07, 6.45) is -1.66. The maximum absolute atomic E-state index is 13.0. The minimum Gasteiger partial charge on any atom is -0.306 e. The fourth-order valence-electron chi connectivity index (χ4n) is 2.68. The maximum atomic E-state index is 13.0. The third-order valence-electron chi connectivity index (χ3n) is 3.66. The van der Waals surface area contributed by atoms with Crippen LogP contribution in [-0.2, 0) is 0 Å². The number of rotatable bonds is 3. The number of hydrogen-bond acceptors (Lipinski definition) is 2. The van der Waals surface area contributed by atoms with E-state index in [-0.39, 0.29) is 12.5 Å². The van der Waals surface area contributed by atoms with Crippen LogP contribution in [0.1, 0.15) is 43.5 Å². The minimum atomic E-state index is -4.09. The van der Waals surface area contributed by atoms with Crippen molar-refractivity contribution >= 4 is 27.3 Å². The Morgan fingerprint density at radius 2 is 2.05 bits per heavy atom. The van der Waals surface area contributed by atoms with Gasteiger partial charge in [0.15, 0.2) is 0 Å². The molecule has 0 aliphatic heterocycles. The molecule has 19 heavy (non-hydrogen) atoms. The molecule has 1 fully saturated rings. The van der Waals surface area contributed by atoms with E-state index in [2.05, 4.69) is 21.2 Å². The molecule has 1 aromatic rings. The van der Waals surface area contributed by atoms with Crippen molar-refractivity contribution in [2.45, 2.75) is 50.9 Å². The van der Waals surface area contributed by atoms with Gasteiger partial charge in [0, 0.05) is 26.8 Å². The first-order valence-corrected chi connectivity index (χ1v) is 8.12. The Balaban J connectivity index is 2.03. The lowest BCUT2D eigenvalue weighted by molar-refractivity contribution is -0.189. The molecule has 1 N–H and O–H groups in total. The predicted molar refractivity (Wildman–Crippen MR) is 75.4 cm³/mol. The first-order chi connectivity index (χ1) is 8.88. The van der Waals surface area contributed by atoms with Crippen molar-refractivity contribution in [1.29, 1.82) is 0 Å². The summed E-state index contributed by atoms with van der Waals surface area (Å²) in [6, 6.07) is 1.47. The standard InChI is InChI=1S/C13H17BrF3NS/c1-8(12-6-9(14)7-19-12)18-11-5-3-2-4-10(11)13(15,16)17/h6-8,10-11,18H,2-5H2,1H3. The highest BCUT2D eigenvalue weighted by Gasteiger charge is 2.45. The smallest absolute Gasteiger partial charge is 0.306 e. The van der Waals surface area contributed by atoms with Gasteiger partial charge in [-0.25, -0.2) is 0 Å².